The predicted octanol–water partition coefficient (Wildman–Crippen LogP) is 0.250. The Labute approximate surface area is 88.8 Å². The molecule has 1 aliphatic rings. The third kappa shape index (κ3) is 3.87. The summed E-state index contributed by atoms with van der Waals surface area (Å²) in [5, 5.41) is 11.3. The number of aliphatic carboxylic acids is 1. The number of rotatable bonds is 7. The molecule has 2 unspecified atom stereocenters. The molecule has 5 heteroatoms. The van der Waals surface area contributed by atoms with Crippen molar-refractivity contribution in [2.24, 2.45) is 11.8 Å². The van der Waals surface area contributed by atoms with Gasteiger partial charge in [0.05, 0.1) is 11.8 Å². The minimum Gasteiger partial charge on any atom is -0.481 e. The zero-order valence-electron chi connectivity index (χ0n) is 8.86. The summed E-state index contributed by atoms with van der Waals surface area (Å²) < 4.78 is 4.87. The summed E-state index contributed by atoms with van der Waals surface area (Å²) in [7, 11) is 1.64. The van der Waals surface area contributed by atoms with E-state index in [1.165, 1.54) is 0 Å². The Kier molecular flexibility index (Phi) is 4.55. The van der Waals surface area contributed by atoms with Crippen LogP contribution < -0.4 is 5.32 Å². The van der Waals surface area contributed by atoms with E-state index in [0.717, 1.165) is 12.8 Å². The number of ether oxygens (including phenoxy) is 1. The van der Waals surface area contributed by atoms with Gasteiger partial charge in [-0.2, -0.15) is 0 Å². The highest BCUT2D eigenvalue weighted by atomic mass is 16.5. The van der Waals surface area contributed by atoms with Gasteiger partial charge in [-0.25, -0.2) is 0 Å². The van der Waals surface area contributed by atoms with Gasteiger partial charge >= 0.3 is 5.97 Å². The fraction of sp³-hybridized carbons (Fsp3) is 0.800. The van der Waals surface area contributed by atoms with Crippen LogP contribution in [0.1, 0.15) is 19.3 Å². The Morgan fingerprint density at radius 3 is 2.67 bits per heavy atom. The molecule has 0 aromatic carbocycles. The number of nitrogens with one attached hydrogen (secondary N) is 1. The molecule has 86 valence electrons. The van der Waals surface area contributed by atoms with Crippen molar-refractivity contribution in [2.45, 2.75) is 19.3 Å². The molecule has 15 heavy (non-hydrogen) atoms. The predicted molar refractivity (Wildman–Crippen MR) is 53.4 cm³/mol. The van der Waals surface area contributed by atoms with Gasteiger partial charge in [-0.05, 0) is 19.3 Å². The van der Waals surface area contributed by atoms with Gasteiger partial charge in [0.1, 0.15) is 0 Å². The van der Waals surface area contributed by atoms with Crippen molar-refractivity contribution < 1.29 is 19.4 Å². The van der Waals surface area contributed by atoms with Gasteiger partial charge in [-0.1, -0.05) is 0 Å². The van der Waals surface area contributed by atoms with E-state index in [4.69, 9.17) is 9.84 Å². The van der Waals surface area contributed by atoms with Gasteiger partial charge in [-0.15, -0.1) is 0 Å². The normalized spacial score (nSPS) is 23.5. The smallest absolute Gasteiger partial charge is 0.307 e. The van der Waals surface area contributed by atoms with Crippen molar-refractivity contribution >= 4 is 11.9 Å². The zero-order chi connectivity index (χ0) is 11.3. The number of unbranched alkanes of at least 4 members (excludes halogenated alkanes) is 1. The first kappa shape index (κ1) is 12.0. The molecule has 0 aromatic rings. The molecule has 0 aromatic heterocycles. The SMILES string of the molecule is COCCCCNC(=O)C1CC1C(=O)O. The number of carbonyl (C=O) groups is 2. The van der Waals surface area contributed by atoms with Crippen molar-refractivity contribution in [1.29, 1.82) is 0 Å². The van der Waals surface area contributed by atoms with Gasteiger partial charge < -0.3 is 15.2 Å². The number of carbonyl (C=O) groups excluding carboxylic acids is 1. The fourth-order valence-corrected chi connectivity index (χ4v) is 1.47. The topological polar surface area (TPSA) is 75.6 Å². The lowest BCUT2D eigenvalue weighted by atomic mass is 10.3. The maximum absolute atomic E-state index is 11.3. The lowest BCUT2D eigenvalue weighted by Gasteiger charge is -2.03. The molecule has 2 N–H and O–H groups in total. The number of methoxy groups -OCH3 is 1. The zero-order valence-corrected chi connectivity index (χ0v) is 8.86. The van der Waals surface area contributed by atoms with E-state index in [1.807, 2.05) is 0 Å². The van der Waals surface area contributed by atoms with Crippen LogP contribution in [0.2, 0.25) is 0 Å². The molecule has 0 aliphatic heterocycles. The van der Waals surface area contributed by atoms with E-state index in [0.29, 0.717) is 19.6 Å². The van der Waals surface area contributed by atoms with Crippen molar-refractivity contribution in [3.8, 4) is 0 Å². The molecule has 0 heterocycles. The van der Waals surface area contributed by atoms with Gasteiger partial charge in [0, 0.05) is 20.3 Å². The van der Waals surface area contributed by atoms with Crippen LogP contribution in [-0.2, 0) is 14.3 Å². The Morgan fingerprint density at radius 1 is 1.40 bits per heavy atom. The number of amides is 1. The lowest BCUT2D eigenvalue weighted by molar-refractivity contribution is -0.140. The van der Waals surface area contributed by atoms with Crippen molar-refractivity contribution in [3.05, 3.63) is 0 Å². The monoisotopic (exact) mass is 215 g/mol. The number of carboxylic acid groups (broad SMARTS) is 1. The molecule has 1 aliphatic carbocycles. The van der Waals surface area contributed by atoms with Crippen molar-refractivity contribution in [3.63, 3.8) is 0 Å². The molecule has 0 saturated heterocycles. The third-order valence-corrected chi connectivity index (χ3v) is 2.52. The highest BCUT2D eigenvalue weighted by molar-refractivity contribution is 5.89. The quantitative estimate of drug-likeness (QED) is 0.597. The molecule has 5 nitrogen and oxygen atoms in total. The molecule has 2 atom stereocenters. The molecule has 1 fully saturated rings. The van der Waals surface area contributed by atoms with Crippen LogP contribution in [0.3, 0.4) is 0 Å². The molecule has 0 spiro atoms. The maximum Gasteiger partial charge on any atom is 0.307 e. The minimum absolute atomic E-state index is 0.125. The summed E-state index contributed by atoms with van der Waals surface area (Å²) in [4.78, 5) is 21.8. The van der Waals surface area contributed by atoms with Gasteiger partial charge in [0.2, 0.25) is 5.91 Å². The van der Waals surface area contributed by atoms with Gasteiger partial charge in [-0.3, -0.25) is 9.59 Å². The van der Waals surface area contributed by atoms with Crippen LogP contribution in [0.5, 0.6) is 0 Å². The second kappa shape index (κ2) is 5.70. The summed E-state index contributed by atoms with van der Waals surface area (Å²) in [6.07, 6.45) is 2.26. The van der Waals surface area contributed by atoms with Gasteiger partial charge in [0.25, 0.3) is 0 Å². The second-order valence-electron chi connectivity index (χ2n) is 3.78. The van der Waals surface area contributed by atoms with Crippen molar-refractivity contribution in [2.75, 3.05) is 20.3 Å². The van der Waals surface area contributed by atoms with E-state index >= 15 is 0 Å². The molecule has 1 saturated carbocycles. The molecule has 0 radical (unpaired) electrons. The largest absolute Gasteiger partial charge is 0.481 e. The molecule has 1 amide bonds. The molecule has 1 rings (SSSR count). The van der Waals surface area contributed by atoms with Crippen LogP contribution in [0.15, 0.2) is 0 Å². The highest BCUT2D eigenvalue weighted by Gasteiger charge is 2.48. The van der Waals surface area contributed by atoms with E-state index in [9.17, 15) is 9.59 Å². The summed E-state index contributed by atoms with van der Waals surface area (Å²) in [5.41, 5.74) is 0. The molecule has 0 bridgehead atoms. The fourth-order valence-electron chi connectivity index (χ4n) is 1.47. The number of hydrogen-bond donors (Lipinski definition) is 2. The third-order valence-electron chi connectivity index (χ3n) is 2.52. The Hall–Kier alpha value is -1.10. The average Bonchev–Trinajstić information content (AvgIpc) is 2.96. The van der Waals surface area contributed by atoms with Crippen molar-refractivity contribution in [1.82, 2.24) is 5.32 Å². The highest BCUT2D eigenvalue weighted by Crippen LogP contribution is 2.38. The Bertz CT molecular complexity index is 242. The first-order chi connectivity index (χ1) is 7.16. The van der Waals surface area contributed by atoms with E-state index in [-0.39, 0.29) is 11.8 Å². The second-order valence-corrected chi connectivity index (χ2v) is 3.78. The van der Waals surface area contributed by atoms with Crippen LogP contribution in [0, 0.1) is 11.8 Å². The van der Waals surface area contributed by atoms with E-state index in [1.54, 1.807) is 7.11 Å². The molecular formula is C10H17NO4. The summed E-state index contributed by atoms with van der Waals surface area (Å²) in [6.45, 7) is 1.29. The standard InChI is InChI=1S/C10H17NO4/c1-15-5-3-2-4-11-9(12)7-6-8(7)10(13)14/h7-8H,2-6H2,1H3,(H,11,12)(H,13,14). The number of hydrogen-bond acceptors (Lipinski definition) is 3. The summed E-state index contributed by atoms with van der Waals surface area (Å²) >= 11 is 0. The number of carboxylic acids is 1. The Balaban J connectivity index is 2.03. The van der Waals surface area contributed by atoms with E-state index < -0.39 is 11.9 Å². The molecular weight excluding hydrogens is 198 g/mol. The van der Waals surface area contributed by atoms with Crippen LogP contribution in [0.4, 0.5) is 0 Å². The van der Waals surface area contributed by atoms with Gasteiger partial charge in [0.15, 0.2) is 0 Å². The van der Waals surface area contributed by atoms with Crippen LogP contribution >= 0.6 is 0 Å². The maximum atomic E-state index is 11.3. The minimum atomic E-state index is -0.866. The van der Waals surface area contributed by atoms with Crippen LogP contribution in [0.25, 0.3) is 0 Å². The van der Waals surface area contributed by atoms with Crippen LogP contribution in [-0.4, -0.2) is 37.2 Å². The van der Waals surface area contributed by atoms with E-state index in [2.05, 4.69) is 5.32 Å². The first-order valence-electron chi connectivity index (χ1n) is 5.16. The summed E-state index contributed by atoms with van der Waals surface area (Å²) in [6, 6.07) is 0. The lowest BCUT2D eigenvalue weighted by Crippen LogP contribution is -2.27. The average molecular weight is 215 g/mol. The first-order valence-corrected chi connectivity index (χ1v) is 5.16. The summed E-state index contributed by atoms with van der Waals surface area (Å²) in [5.74, 6) is -1.75. The Morgan fingerprint density at radius 2 is 2.13 bits per heavy atom.